The molecule has 21 nitrogen and oxygen atoms in total. The number of anilines is 2. The Kier molecular flexibility index (Phi) is 19.4. The van der Waals surface area contributed by atoms with E-state index in [1.807, 2.05) is 20.8 Å². The number of H-pyrrole nitrogens is 1. The number of hydrogen-bond donors (Lipinski definition) is 8. The fourth-order valence-electron chi connectivity index (χ4n) is 5.63. The first-order chi connectivity index (χ1) is 29.1. The van der Waals surface area contributed by atoms with Crippen molar-refractivity contribution in [1.82, 2.24) is 35.9 Å². The van der Waals surface area contributed by atoms with Gasteiger partial charge in [0.25, 0.3) is 11.5 Å². The number of carbonyl (C=O) groups excluding carboxylic acids is 5. The number of nitrogens with zero attached hydrogens (tertiary/aromatic N) is 3. The molecule has 0 aliphatic rings. The number of carboxylic acid groups (broad SMARTS) is 1. The van der Waals surface area contributed by atoms with E-state index < -0.39 is 65.6 Å². The lowest BCUT2D eigenvalue weighted by molar-refractivity contribution is -0.140. The van der Waals surface area contributed by atoms with Crippen LogP contribution in [-0.2, 0) is 44.3 Å². The quantitative estimate of drug-likeness (QED) is 0.0420. The molecule has 23 heteroatoms. The Morgan fingerprint density at radius 3 is 2.27 bits per heavy atom. The van der Waals surface area contributed by atoms with E-state index in [4.69, 9.17) is 36.3 Å². The van der Waals surface area contributed by atoms with Crippen LogP contribution in [0.2, 0.25) is 0 Å². The first kappa shape index (κ1) is 50.9. The maximum Gasteiger partial charge on any atom is 0.545 e. The molecule has 0 fully saturated rings. The highest BCUT2D eigenvalue weighted by Crippen LogP contribution is 2.59. The lowest BCUT2D eigenvalue weighted by Gasteiger charge is -2.30. The van der Waals surface area contributed by atoms with Crippen molar-refractivity contribution in [3.05, 3.63) is 51.9 Å². The minimum atomic E-state index is -3.72. The maximum atomic E-state index is 12.9. The smallest absolute Gasteiger partial charge is 0.480 e. The summed E-state index contributed by atoms with van der Waals surface area (Å²) in [5.41, 5.74) is 10.4. The van der Waals surface area contributed by atoms with Gasteiger partial charge in [-0.15, -0.1) is 5.50 Å². The Morgan fingerprint density at radius 1 is 0.935 bits per heavy atom. The molecule has 3 aromatic rings. The van der Waals surface area contributed by atoms with Gasteiger partial charge in [-0.05, 0) is 71.1 Å². The van der Waals surface area contributed by atoms with Gasteiger partial charge in [-0.2, -0.15) is 4.98 Å². The molecule has 3 rings (SSSR count). The molecule has 340 valence electrons. The fraction of sp³-hybridized carbons (Fsp3) is 0.538. The predicted octanol–water partition coefficient (Wildman–Crippen LogP) is 3.78. The zero-order chi connectivity index (χ0) is 46.1. The minimum absolute atomic E-state index is 0.0161. The highest BCUT2D eigenvalue weighted by molar-refractivity contribution is 7.90. The molecule has 2 heterocycles. The van der Waals surface area contributed by atoms with E-state index in [1.54, 1.807) is 26.0 Å². The Balaban J connectivity index is 1.34. The van der Waals surface area contributed by atoms with E-state index in [0.29, 0.717) is 25.1 Å². The van der Waals surface area contributed by atoms with E-state index in [0.717, 1.165) is 18.4 Å². The number of unbranched alkanes of at least 4 members (excludes halogenated alkanes) is 2. The molecule has 0 saturated carbocycles. The molecule has 0 aliphatic heterocycles. The van der Waals surface area contributed by atoms with Gasteiger partial charge < -0.3 is 36.8 Å². The van der Waals surface area contributed by atoms with Gasteiger partial charge >= 0.3 is 25.1 Å². The molecule has 10 N–H and O–H groups in total. The van der Waals surface area contributed by atoms with E-state index in [9.17, 15) is 38.7 Å². The second-order valence-electron chi connectivity index (χ2n) is 15.6. The third-order valence-electron chi connectivity index (χ3n) is 9.13. The molecule has 2 atom stereocenters. The number of nitrogens with two attached hydrogens (primary N) is 2. The molecular formula is C39H57ClN10O11P+. The molecule has 3 amide bonds. The highest BCUT2D eigenvalue weighted by atomic mass is 35.7. The van der Waals surface area contributed by atoms with Crippen molar-refractivity contribution in [3.8, 4) is 0 Å². The summed E-state index contributed by atoms with van der Waals surface area (Å²) in [5, 5.41) is 20.9. The van der Waals surface area contributed by atoms with Crippen LogP contribution in [0.5, 0.6) is 0 Å². The minimum Gasteiger partial charge on any atom is -0.480 e. The SMILES string of the molecule is CCCCCC(=O)O[P+](N)(Cl)OC(=O)CCC(=O)NCCC(C)(C)OCCC(C)(C)NC(=O)CCC(NC(=O)c1ccc(CNc2cnc3nc(N)[nH]c(=O)c3n2)cc1)C(=O)O. The van der Waals surface area contributed by atoms with Crippen LogP contribution >= 0.6 is 18.5 Å². The number of nitrogen functional groups attached to an aromatic ring is 1. The molecule has 0 radical (unpaired) electrons. The number of aromatic nitrogens is 4. The Hall–Kier alpha value is -5.50. The second-order valence-corrected chi connectivity index (χ2v) is 18.4. The number of amides is 3. The molecule has 2 aromatic heterocycles. The molecule has 0 bridgehead atoms. The van der Waals surface area contributed by atoms with Crippen LogP contribution in [0, 0.1) is 0 Å². The highest BCUT2D eigenvalue weighted by Gasteiger charge is 2.44. The van der Waals surface area contributed by atoms with Gasteiger partial charge in [0, 0.05) is 43.6 Å². The standard InChI is InChI=1S/C39H56ClN10O11P/c1-6-7-8-9-30(53)60-62(40,42)61-31(54)17-16-28(51)43-20-18-39(4,5)59-21-19-38(2,3)50-29(52)15-14-26(36(57)58)46-34(55)25-12-10-24(11-13-25)22-44-27-23-45-33-32(47-27)35(56)49-37(41)48-33/h10-13,23,26H,6-9,14-22,42H2,1-5H3,(H7-,41,43,44,45,46,47,48,49,50,51,52,55,56,57,58)/p+1. The molecule has 0 aliphatic carbocycles. The van der Waals surface area contributed by atoms with Crippen molar-refractivity contribution < 1.29 is 47.7 Å². The van der Waals surface area contributed by atoms with Crippen LogP contribution in [0.15, 0.2) is 35.3 Å². The number of carboxylic acids is 1. The summed E-state index contributed by atoms with van der Waals surface area (Å²) in [6.07, 6.45) is 3.81. The van der Waals surface area contributed by atoms with Crippen LogP contribution < -0.4 is 38.1 Å². The molecule has 1 aromatic carbocycles. The number of rotatable bonds is 26. The number of carbonyl (C=O) groups is 6. The number of fused-ring (bicyclic) bond motifs is 1. The van der Waals surface area contributed by atoms with E-state index in [-0.39, 0.29) is 74.5 Å². The lowest BCUT2D eigenvalue weighted by Crippen LogP contribution is -2.46. The normalized spacial score (nSPS) is 13.0. The number of hydrogen-bond acceptors (Lipinski definition) is 16. The van der Waals surface area contributed by atoms with Crippen LogP contribution in [0.25, 0.3) is 11.2 Å². The maximum absolute atomic E-state index is 12.9. The number of aliphatic carboxylic acids is 1. The molecule has 62 heavy (non-hydrogen) atoms. The Morgan fingerprint density at radius 2 is 1.61 bits per heavy atom. The van der Waals surface area contributed by atoms with Crippen LogP contribution in [0.1, 0.15) is 115 Å². The average Bonchev–Trinajstić information content (AvgIpc) is 3.17. The van der Waals surface area contributed by atoms with Crippen molar-refractivity contribution in [2.24, 2.45) is 5.50 Å². The van der Waals surface area contributed by atoms with Gasteiger partial charge in [-0.3, -0.25) is 24.2 Å². The zero-order valence-corrected chi connectivity index (χ0v) is 37.2. The Labute approximate surface area is 363 Å². The number of nitrogens with one attached hydrogen (secondary N) is 5. The van der Waals surface area contributed by atoms with Crippen LogP contribution in [-0.4, -0.2) is 91.0 Å². The summed E-state index contributed by atoms with van der Waals surface area (Å²) in [7, 11) is -3.72. The second kappa shape index (κ2) is 23.6. The van der Waals surface area contributed by atoms with Gasteiger partial charge in [-0.25, -0.2) is 33.4 Å². The largest absolute Gasteiger partial charge is 0.545 e. The number of halogens is 1. The van der Waals surface area contributed by atoms with Crippen LogP contribution in [0.3, 0.4) is 0 Å². The molecule has 0 spiro atoms. The van der Waals surface area contributed by atoms with Gasteiger partial charge in [0.15, 0.2) is 22.4 Å². The first-order valence-electron chi connectivity index (χ1n) is 20.0. The number of benzene rings is 1. The zero-order valence-electron chi connectivity index (χ0n) is 35.5. The van der Waals surface area contributed by atoms with E-state index in [2.05, 4.69) is 41.2 Å². The van der Waals surface area contributed by atoms with Crippen molar-refractivity contribution in [1.29, 1.82) is 0 Å². The number of ether oxygens (including phenoxy) is 1. The molecular weight excluding hydrogens is 851 g/mol. The number of aromatic amines is 1. The van der Waals surface area contributed by atoms with E-state index in [1.165, 1.54) is 18.3 Å². The van der Waals surface area contributed by atoms with Crippen molar-refractivity contribution >= 4 is 77.0 Å². The average molecular weight is 908 g/mol. The Bertz CT molecular complexity index is 2100. The summed E-state index contributed by atoms with van der Waals surface area (Å²) in [5.74, 6) is -4.04. The monoisotopic (exact) mass is 907 g/mol. The topological polar surface area (TPSA) is 322 Å². The van der Waals surface area contributed by atoms with Gasteiger partial charge in [0.05, 0.1) is 24.6 Å². The summed E-state index contributed by atoms with van der Waals surface area (Å²) in [6, 6.07) is 5.06. The van der Waals surface area contributed by atoms with Gasteiger partial charge in [0.2, 0.25) is 17.8 Å². The summed E-state index contributed by atoms with van der Waals surface area (Å²) in [6.45, 7) is 10.0. The lowest BCUT2D eigenvalue weighted by atomic mass is 9.99. The van der Waals surface area contributed by atoms with Crippen molar-refractivity contribution in [2.45, 2.75) is 123 Å². The van der Waals surface area contributed by atoms with Gasteiger partial charge in [0.1, 0.15) is 11.9 Å². The van der Waals surface area contributed by atoms with Gasteiger partial charge in [-0.1, -0.05) is 31.9 Å². The summed E-state index contributed by atoms with van der Waals surface area (Å²) in [4.78, 5) is 101. The third kappa shape index (κ3) is 18.6. The van der Waals surface area contributed by atoms with Crippen molar-refractivity contribution in [3.63, 3.8) is 0 Å². The summed E-state index contributed by atoms with van der Waals surface area (Å²) < 4.78 is 15.8. The van der Waals surface area contributed by atoms with Crippen LogP contribution in [0.4, 0.5) is 11.8 Å². The fourth-order valence-corrected chi connectivity index (χ4v) is 6.87. The van der Waals surface area contributed by atoms with E-state index >= 15 is 0 Å². The molecule has 0 saturated heterocycles. The summed E-state index contributed by atoms with van der Waals surface area (Å²) >= 11 is 5.91. The van der Waals surface area contributed by atoms with Crippen molar-refractivity contribution in [2.75, 3.05) is 24.2 Å². The first-order valence-corrected chi connectivity index (χ1v) is 22.6. The predicted molar refractivity (Wildman–Crippen MR) is 231 cm³/mol. The molecule has 2 unspecified atom stereocenters. The third-order valence-corrected chi connectivity index (χ3v) is 10.4.